The van der Waals surface area contributed by atoms with Crippen LogP contribution in [0.2, 0.25) is 0 Å². The molecule has 3 heteroatoms. The highest BCUT2D eigenvalue weighted by Crippen LogP contribution is 2.24. The number of H-pyrrole nitrogens is 1. The number of nitrogens with one attached hydrogen (secondary N) is 1. The third-order valence-corrected chi connectivity index (χ3v) is 2.43. The van der Waals surface area contributed by atoms with Gasteiger partial charge in [0, 0.05) is 41.3 Å². The standard InChI is InChI=1S/C12H9N3/c1-5-13-6-2-9(1)12-10-3-7-14-11(10)4-8-15-12/h1-8,14H. The average Bonchev–Trinajstić information content (AvgIpc) is 2.78. The Morgan fingerprint density at radius 2 is 1.80 bits per heavy atom. The normalized spacial score (nSPS) is 10.7. The van der Waals surface area contributed by atoms with Gasteiger partial charge in [-0.05, 0) is 24.3 Å². The Hall–Kier alpha value is -2.16. The number of hydrogen-bond acceptors (Lipinski definition) is 2. The van der Waals surface area contributed by atoms with Gasteiger partial charge in [0.05, 0.1) is 5.69 Å². The lowest BCUT2D eigenvalue weighted by Gasteiger charge is -2.01. The van der Waals surface area contributed by atoms with Crippen molar-refractivity contribution in [3.63, 3.8) is 0 Å². The number of fused-ring (bicyclic) bond motifs is 1. The van der Waals surface area contributed by atoms with Crippen molar-refractivity contribution in [2.75, 3.05) is 0 Å². The van der Waals surface area contributed by atoms with Crippen molar-refractivity contribution in [3.05, 3.63) is 49.1 Å². The van der Waals surface area contributed by atoms with Crippen molar-refractivity contribution in [1.82, 2.24) is 15.0 Å². The highest BCUT2D eigenvalue weighted by Gasteiger charge is 2.04. The molecule has 0 aliphatic rings. The Kier molecular flexibility index (Phi) is 1.75. The van der Waals surface area contributed by atoms with E-state index in [2.05, 4.69) is 15.0 Å². The molecule has 0 saturated heterocycles. The number of rotatable bonds is 1. The van der Waals surface area contributed by atoms with Crippen molar-refractivity contribution in [3.8, 4) is 11.3 Å². The predicted molar refractivity (Wildman–Crippen MR) is 59.3 cm³/mol. The van der Waals surface area contributed by atoms with Gasteiger partial charge in [-0.3, -0.25) is 9.97 Å². The Balaban J connectivity index is 2.31. The maximum atomic E-state index is 4.40. The molecule has 0 fully saturated rings. The Morgan fingerprint density at radius 1 is 0.933 bits per heavy atom. The molecule has 0 saturated carbocycles. The van der Waals surface area contributed by atoms with Gasteiger partial charge in [-0.1, -0.05) is 0 Å². The molecule has 3 aromatic heterocycles. The maximum Gasteiger partial charge on any atom is 0.0796 e. The summed E-state index contributed by atoms with van der Waals surface area (Å²) in [5.41, 5.74) is 3.20. The lowest BCUT2D eigenvalue weighted by molar-refractivity contribution is 1.30. The minimum Gasteiger partial charge on any atom is -0.361 e. The van der Waals surface area contributed by atoms with E-state index in [-0.39, 0.29) is 0 Å². The first kappa shape index (κ1) is 8.17. The molecule has 0 aliphatic heterocycles. The zero-order chi connectivity index (χ0) is 10.1. The number of hydrogen-bond donors (Lipinski definition) is 1. The molecule has 0 aliphatic carbocycles. The fourth-order valence-corrected chi connectivity index (χ4v) is 1.72. The molecule has 3 nitrogen and oxygen atoms in total. The monoisotopic (exact) mass is 195 g/mol. The molecule has 72 valence electrons. The number of aromatic nitrogens is 3. The topological polar surface area (TPSA) is 41.6 Å². The molecular formula is C12H9N3. The molecule has 15 heavy (non-hydrogen) atoms. The van der Waals surface area contributed by atoms with Gasteiger partial charge >= 0.3 is 0 Å². The summed E-state index contributed by atoms with van der Waals surface area (Å²) in [6.07, 6.45) is 7.30. The minimum atomic E-state index is 0.996. The molecule has 0 atom stereocenters. The molecular weight excluding hydrogens is 186 g/mol. The SMILES string of the molecule is c1cc(-c2nccc3[nH]ccc23)ccn1. The second kappa shape index (κ2) is 3.20. The first-order valence-corrected chi connectivity index (χ1v) is 4.77. The maximum absolute atomic E-state index is 4.40. The first-order chi connectivity index (χ1) is 7.45. The second-order valence-corrected chi connectivity index (χ2v) is 3.33. The molecule has 0 spiro atoms. The Bertz CT molecular complexity index is 584. The van der Waals surface area contributed by atoms with Crippen LogP contribution in [0, 0.1) is 0 Å². The van der Waals surface area contributed by atoms with Crippen LogP contribution in [-0.2, 0) is 0 Å². The molecule has 0 radical (unpaired) electrons. The van der Waals surface area contributed by atoms with Gasteiger partial charge in [0.25, 0.3) is 0 Å². The quantitative estimate of drug-likeness (QED) is 0.648. The summed E-state index contributed by atoms with van der Waals surface area (Å²) in [4.78, 5) is 11.6. The fourth-order valence-electron chi connectivity index (χ4n) is 1.72. The number of aromatic amines is 1. The summed E-state index contributed by atoms with van der Waals surface area (Å²) in [5.74, 6) is 0. The molecule has 0 aromatic carbocycles. The summed E-state index contributed by atoms with van der Waals surface area (Å²) >= 11 is 0. The predicted octanol–water partition coefficient (Wildman–Crippen LogP) is 2.62. The van der Waals surface area contributed by atoms with Gasteiger partial charge in [-0.25, -0.2) is 0 Å². The summed E-state index contributed by atoms with van der Waals surface area (Å²) in [6, 6.07) is 7.95. The van der Waals surface area contributed by atoms with E-state index in [0.29, 0.717) is 0 Å². The van der Waals surface area contributed by atoms with Crippen molar-refractivity contribution in [2.45, 2.75) is 0 Å². The summed E-state index contributed by atoms with van der Waals surface area (Å²) in [7, 11) is 0. The zero-order valence-corrected chi connectivity index (χ0v) is 8.01. The van der Waals surface area contributed by atoms with Crippen LogP contribution in [0.25, 0.3) is 22.2 Å². The van der Waals surface area contributed by atoms with Crippen LogP contribution in [0.5, 0.6) is 0 Å². The Morgan fingerprint density at radius 3 is 2.67 bits per heavy atom. The average molecular weight is 195 g/mol. The molecule has 0 amide bonds. The van der Waals surface area contributed by atoms with Crippen molar-refractivity contribution < 1.29 is 0 Å². The van der Waals surface area contributed by atoms with Crippen LogP contribution >= 0.6 is 0 Å². The third kappa shape index (κ3) is 1.29. The molecule has 3 rings (SSSR count). The van der Waals surface area contributed by atoms with Crippen LogP contribution in [0.15, 0.2) is 49.1 Å². The summed E-state index contributed by atoms with van der Waals surface area (Å²) in [5, 5.41) is 1.14. The number of pyridine rings is 2. The smallest absolute Gasteiger partial charge is 0.0796 e. The molecule has 0 unspecified atom stereocenters. The van der Waals surface area contributed by atoms with Crippen molar-refractivity contribution in [2.24, 2.45) is 0 Å². The van der Waals surface area contributed by atoms with Crippen LogP contribution in [-0.4, -0.2) is 15.0 Å². The van der Waals surface area contributed by atoms with Crippen LogP contribution in [0.3, 0.4) is 0 Å². The highest BCUT2D eigenvalue weighted by molar-refractivity contribution is 5.92. The fraction of sp³-hybridized carbons (Fsp3) is 0. The summed E-state index contributed by atoms with van der Waals surface area (Å²) < 4.78 is 0. The van der Waals surface area contributed by atoms with E-state index in [1.807, 2.05) is 36.7 Å². The minimum absolute atomic E-state index is 0.996. The lowest BCUT2D eigenvalue weighted by Crippen LogP contribution is -1.84. The largest absolute Gasteiger partial charge is 0.361 e. The molecule has 1 N–H and O–H groups in total. The van der Waals surface area contributed by atoms with E-state index < -0.39 is 0 Å². The van der Waals surface area contributed by atoms with Crippen LogP contribution in [0.4, 0.5) is 0 Å². The van der Waals surface area contributed by atoms with Crippen LogP contribution < -0.4 is 0 Å². The first-order valence-electron chi connectivity index (χ1n) is 4.77. The molecule has 3 heterocycles. The van der Waals surface area contributed by atoms with Gasteiger partial charge < -0.3 is 4.98 Å². The van der Waals surface area contributed by atoms with Gasteiger partial charge in [0.1, 0.15) is 0 Å². The van der Waals surface area contributed by atoms with Gasteiger partial charge in [-0.2, -0.15) is 0 Å². The lowest BCUT2D eigenvalue weighted by atomic mass is 10.1. The van der Waals surface area contributed by atoms with Crippen LogP contribution in [0.1, 0.15) is 0 Å². The van der Waals surface area contributed by atoms with E-state index in [9.17, 15) is 0 Å². The van der Waals surface area contributed by atoms with E-state index in [0.717, 1.165) is 22.2 Å². The molecule has 3 aromatic rings. The number of nitrogens with zero attached hydrogens (tertiary/aromatic N) is 2. The zero-order valence-electron chi connectivity index (χ0n) is 8.01. The summed E-state index contributed by atoms with van der Waals surface area (Å²) in [6.45, 7) is 0. The van der Waals surface area contributed by atoms with Gasteiger partial charge in [0.2, 0.25) is 0 Å². The van der Waals surface area contributed by atoms with E-state index >= 15 is 0 Å². The molecule has 0 bridgehead atoms. The third-order valence-electron chi connectivity index (χ3n) is 2.43. The highest BCUT2D eigenvalue weighted by atomic mass is 14.7. The van der Waals surface area contributed by atoms with E-state index in [1.165, 1.54) is 0 Å². The van der Waals surface area contributed by atoms with E-state index in [1.54, 1.807) is 12.4 Å². The second-order valence-electron chi connectivity index (χ2n) is 3.33. The van der Waals surface area contributed by atoms with E-state index in [4.69, 9.17) is 0 Å². The van der Waals surface area contributed by atoms with Gasteiger partial charge in [0.15, 0.2) is 0 Å². The Labute approximate surface area is 86.8 Å². The van der Waals surface area contributed by atoms with Crippen molar-refractivity contribution >= 4 is 10.9 Å². The van der Waals surface area contributed by atoms with Gasteiger partial charge in [-0.15, -0.1) is 0 Å². The van der Waals surface area contributed by atoms with Crippen molar-refractivity contribution in [1.29, 1.82) is 0 Å².